The fourth-order valence-electron chi connectivity index (χ4n) is 0.726. The summed E-state index contributed by atoms with van der Waals surface area (Å²) >= 11 is 4.00. The van der Waals surface area contributed by atoms with Gasteiger partial charge in [0.2, 0.25) is 0 Å². The molecule has 82 valence electrons. The average molecular weight is 205 g/mol. The third kappa shape index (κ3) is 24.5. The third-order valence-electron chi connectivity index (χ3n) is 1.59. The first-order chi connectivity index (χ1) is 6.18. The average Bonchev–Trinajstić information content (AvgIpc) is 2.07. The maximum Gasteiger partial charge on any atom is 0.00103 e. The molecule has 0 aromatic rings. The molecule has 0 aliphatic carbocycles. The number of hydrogen-bond donors (Lipinski definition) is 2. The zero-order chi connectivity index (χ0) is 10.5. The van der Waals surface area contributed by atoms with Gasteiger partial charge in [0.25, 0.3) is 0 Å². The minimum Gasteiger partial charge on any atom is -0.315 e. The molecule has 0 saturated heterocycles. The van der Waals surface area contributed by atoms with E-state index < -0.39 is 0 Å². The van der Waals surface area contributed by atoms with Gasteiger partial charge in [-0.05, 0) is 25.1 Å². The number of thiol groups is 1. The third-order valence-corrected chi connectivity index (χ3v) is 1.91. The highest BCUT2D eigenvalue weighted by Crippen LogP contribution is 1.86. The Bertz CT molecular complexity index is 72.5. The Kier molecular flexibility index (Phi) is 18.0. The molecule has 1 nitrogen and oxygen atoms in total. The Balaban J connectivity index is 0. The maximum atomic E-state index is 4.00. The van der Waals surface area contributed by atoms with Gasteiger partial charge < -0.3 is 5.32 Å². The molecule has 0 aromatic heterocycles. The molecule has 0 rings (SSSR count). The normalized spacial score (nSPS) is 9.69. The van der Waals surface area contributed by atoms with Crippen molar-refractivity contribution in [3.8, 4) is 0 Å². The molecule has 0 aliphatic rings. The smallest absolute Gasteiger partial charge is 0.00103 e. The van der Waals surface area contributed by atoms with E-state index in [1.54, 1.807) is 0 Å². The summed E-state index contributed by atoms with van der Waals surface area (Å²) in [5.74, 6) is 1.04. The quantitative estimate of drug-likeness (QED) is 0.499. The first-order valence-corrected chi connectivity index (χ1v) is 6.16. The molecule has 0 radical (unpaired) electrons. The lowest BCUT2D eigenvalue weighted by atomic mass is 10.3. The minimum absolute atomic E-state index is 0.654. The van der Waals surface area contributed by atoms with E-state index in [2.05, 4.69) is 45.6 Å². The Morgan fingerprint density at radius 3 is 1.85 bits per heavy atom. The molecule has 0 atom stereocenters. The van der Waals surface area contributed by atoms with Crippen LogP contribution in [0.5, 0.6) is 0 Å². The monoisotopic (exact) mass is 205 g/mol. The molecule has 0 aromatic carbocycles. The van der Waals surface area contributed by atoms with Crippen LogP contribution in [-0.4, -0.2) is 18.3 Å². The zero-order valence-electron chi connectivity index (χ0n) is 9.77. The molecule has 0 spiro atoms. The Morgan fingerprint density at radius 2 is 1.62 bits per heavy atom. The van der Waals surface area contributed by atoms with Crippen molar-refractivity contribution in [1.29, 1.82) is 0 Å². The lowest BCUT2D eigenvalue weighted by molar-refractivity contribution is 0.566. The van der Waals surface area contributed by atoms with Gasteiger partial charge in [-0.1, -0.05) is 40.5 Å². The molecule has 0 unspecified atom stereocenters. The van der Waals surface area contributed by atoms with E-state index >= 15 is 0 Å². The summed E-state index contributed by atoms with van der Waals surface area (Å²) in [6, 6.07) is 0.654. The second-order valence-corrected chi connectivity index (χ2v) is 3.99. The minimum atomic E-state index is 0.654. The number of hydrogen-bond acceptors (Lipinski definition) is 2. The highest BCUT2D eigenvalue weighted by Gasteiger charge is 1.87. The molecule has 13 heavy (non-hydrogen) atoms. The SMILES string of the molecule is CCCCNC(C)C.CCCCS. The summed E-state index contributed by atoms with van der Waals surface area (Å²) in [5, 5.41) is 3.35. The van der Waals surface area contributed by atoms with Gasteiger partial charge in [0, 0.05) is 6.04 Å². The van der Waals surface area contributed by atoms with Gasteiger partial charge in [0.05, 0.1) is 0 Å². The second-order valence-electron chi connectivity index (χ2n) is 3.54. The zero-order valence-corrected chi connectivity index (χ0v) is 10.7. The van der Waals surface area contributed by atoms with Crippen LogP contribution in [0.1, 0.15) is 53.4 Å². The van der Waals surface area contributed by atoms with E-state index in [1.165, 1.54) is 32.2 Å². The standard InChI is InChI=1S/C7H17N.C4H10S/c1-4-5-6-8-7(2)3;1-2-3-4-5/h7-8H,4-6H2,1-3H3;5H,2-4H2,1H3. The van der Waals surface area contributed by atoms with Crippen molar-refractivity contribution in [2.75, 3.05) is 12.3 Å². The van der Waals surface area contributed by atoms with Crippen LogP contribution in [0, 0.1) is 0 Å². The van der Waals surface area contributed by atoms with Crippen LogP contribution in [-0.2, 0) is 0 Å². The predicted octanol–water partition coefficient (Wildman–Crippen LogP) is 3.50. The molecule has 0 bridgehead atoms. The van der Waals surface area contributed by atoms with Crippen LogP contribution < -0.4 is 5.32 Å². The summed E-state index contributed by atoms with van der Waals surface area (Å²) in [6.45, 7) is 9.90. The van der Waals surface area contributed by atoms with E-state index in [4.69, 9.17) is 0 Å². The largest absolute Gasteiger partial charge is 0.315 e. The van der Waals surface area contributed by atoms with Crippen LogP contribution in [0.4, 0.5) is 0 Å². The first kappa shape index (κ1) is 15.8. The van der Waals surface area contributed by atoms with Gasteiger partial charge in [-0.3, -0.25) is 0 Å². The predicted molar refractivity (Wildman–Crippen MR) is 66.8 cm³/mol. The number of nitrogens with one attached hydrogen (secondary N) is 1. The van der Waals surface area contributed by atoms with Gasteiger partial charge in [0.15, 0.2) is 0 Å². The molecule has 1 N–H and O–H groups in total. The molecule has 0 fully saturated rings. The molecular formula is C11H27NS. The van der Waals surface area contributed by atoms with Gasteiger partial charge in [-0.25, -0.2) is 0 Å². The first-order valence-electron chi connectivity index (χ1n) is 5.53. The molecule has 0 amide bonds. The van der Waals surface area contributed by atoms with Crippen LogP contribution >= 0.6 is 12.6 Å². The van der Waals surface area contributed by atoms with Crippen molar-refractivity contribution in [2.45, 2.75) is 59.4 Å². The highest BCUT2D eigenvalue weighted by molar-refractivity contribution is 7.80. The van der Waals surface area contributed by atoms with Crippen LogP contribution in [0.3, 0.4) is 0 Å². The summed E-state index contributed by atoms with van der Waals surface area (Å²) in [7, 11) is 0. The van der Waals surface area contributed by atoms with E-state index in [1.807, 2.05) is 0 Å². The van der Waals surface area contributed by atoms with Crippen molar-refractivity contribution in [3.63, 3.8) is 0 Å². The van der Waals surface area contributed by atoms with Gasteiger partial charge in [0.1, 0.15) is 0 Å². The van der Waals surface area contributed by atoms with E-state index in [0.717, 1.165) is 5.75 Å². The van der Waals surface area contributed by atoms with Crippen molar-refractivity contribution >= 4 is 12.6 Å². The molecule has 0 heterocycles. The van der Waals surface area contributed by atoms with Crippen LogP contribution in [0.2, 0.25) is 0 Å². The van der Waals surface area contributed by atoms with Gasteiger partial charge >= 0.3 is 0 Å². The maximum absolute atomic E-state index is 4.00. The lowest BCUT2D eigenvalue weighted by Gasteiger charge is -2.05. The van der Waals surface area contributed by atoms with Gasteiger partial charge in [-0.2, -0.15) is 12.6 Å². The number of rotatable bonds is 6. The topological polar surface area (TPSA) is 12.0 Å². The highest BCUT2D eigenvalue weighted by atomic mass is 32.1. The van der Waals surface area contributed by atoms with Crippen LogP contribution in [0.25, 0.3) is 0 Å². The van der Waals surface area contributed by atoms with E-state index in [0.29, 0.717) is 6.04 Å². The summed E-state index contributed by atoms with van der Waals surface area (Å²) < 4.78 is 0. The van der Waals surface area contributed by atoms with Crippen molar-refractivity contribution in [2.24, 2.45) is 0 Å². The molecule has 0 saturated carbocycles. The van der Waals surface area contributed by atoms with Crippen molar-refractivity contribution in [1.82, 2.24) is 5.32 Å². The Morgan fingerprint density at radius 1 is 1.08 bits per heavy atom. The fraction of sp³-hybridized carbons (Fsp3) is 1.00. The molecular weight excluding hydrogens is 178 g/mol. The van der Waals surface area contributed by atoms with Gasteiger partial charge in [-0.15, -0.1) is 0 Å². The van der Waals surface area contributed by atoms with Crippen molar-refractivity contribution < 1.29 is 0 Å². The number of unbranched alkanes of at least 4 members (excludes halogenated alkanes) is 2. The summed E-state index contributed by atoms with van der Waals surface area (Å²) in [6.07, 6.45) is 5.12. The van der Waals surface area contributed by atoms with E-state index in [-0.39, 0.29) is 0 Å². The Labute approximate surface area is 90.1 Å². The summed E-state index contributed by atoms with van der Waals surface area (Å²) in [4.78, 5) is 0. The molecule has 0 aliphatic heterocycles. The second kappa shape index (κ2) is 14.8. The summed E-state index contributed by atoms with van der Waals surface area (Å²) in [5.41, 5.74) is 0. The van der Waals surface area contributed by atoms with E-state index in [9.17, 15) is 0 Å². The van der Waals surface area contributed by atoms with Crippen LogP contribution in [0.15, 0.2) is 0 Å². The molecule has 2 heteroatoms. The lowest BCUT2D eigenvalue weighted by Crippen LogP contribution is -2.23. The van der Waals surface area contributed by atoms with Crippen molar-refractivity contribution in [3.05, 3.63) is 0 Å². The Hall–Kier alpha value is 0.310. The fourth-order valence-corrected chi connectivity index (χ4v) is 1.04.